The highest BCUT2D eigenvalue weighted by atomic mass is 16.1. The van der Waals surface area contributed by atoms with Gasteiger partial charge in [0.15, 0.2) is 0 Å². The maximum Gasteiger partial charge on any atom is 0.140 e. The lowest BCUT2D eigenvalue weighted by atomic mass is 9.90. The van der Waals surface area contributed by atoms with Gasteiger partial charge in [-0.2, -0.15) is 0 Å². The van der Waals surface area contributed by atoms with E-state index in [0.717, 1.165) is 31.5 Å². The summed E-state index contributed by atoms with van der Waals surface area (Å²) < 4.78 is 0. The second-order valence-electron chi connectivity index (χ2n) is 4.26. The molecule has 86 valence electrons. The molecule has 4 heteroatoms. The van der Waals surface area contributed by atoms with Crippen LogP contribution in [-0.4, -0.2) is 23.9 Å². The summed E-state index contributed by atoms with van der Waals surface area (Å²) >= 11 is 0. The summed E-state index contributed by atoms with van der Waals surface area (Å²) in [5.74, 6) is 1.03. The predicted octanol–water partition coefficient (Wildman–Crippen LogP) is 0.775. The number of rotatable bonds is 3. The number of pyridine rings is 1. The van der Waals surface area contributed by atoms with Crippen molar-refractivity contribution in [2.24, 2.45) is 5.92 Å². The van der Waals surface area contributed by atoms with Crippen LogP contribution < -0.4 is 11.1 Å². The van der Waals surface area contributed by atoms with Gasteiger partial charge in [0.05, 0.1) is 0 Å². The Balaban J connectivity index is 1.96. The van der Waals surface area contributed by atoms with Gasteiger partial charge in [0.25, 0.3) is 0 Å². The van der Waals surface area contributed by atoms with Crippen LogP contribution in [0.4, 0.5) is 5.82 Å². The minimum Gasteiger partial charge on any atom is -0.384 e. The molecule has 0 amide bonds. The molecule has 0 saturated carbocycles. The number of anilines is 1. The lowest BCUT2D eigenvalue weighted by molar-refractivity contribution is -0.122. The first-order chi connectivity index (χ1) is 7.75. The number of Topliss-reactive ketones (excluding diaryl/α,β-unsaturated/α-hetero) is 1. The van der Waals surface area contributed by atoms with Crippen molar-refractivity contribution < 1.29 is 4.79 Å². The topological polar surface area (TPSA) is 68.0 Å². The molecular weight excluding hydrogens is 202 g/mol. The third-order valence-electron chi connectivity index (χ3n) is 3.02. The molecule has 1 aromatic heterocycles. The van der Waals surface area contributed by atoms with Crippen LogP contribution in [0.5, 0.6) is 0 Å². The number of piperidine rings is 1. The van der Waals surface area contributed by atoms with Crippen molar-refractivity contribution in [1.29, 1.82) is 0 Å². The molecule has 0 bridgehead atoms. The molecule has 0 spiro atoms. The molecule has 2 rings (SSSR count). The molecule has 1 aromatic rings. The second-order valence-corrected chi connectivity index (χ2v) is 4.26. The van der Waals surface area contributed by atoms with E-state index in [1.807, 2.05) is 6.07 Å². The highest BCUT2D eigenvalue weighted by Crippen LogP contribution is 2.16. The zero-order chi connectivity index (χ0) is 11.4. The monoisotopic (exact) mass is 219 g/mol. The summed E-state index contributed by atoms with van der Waals surface area (Å²) in [5, 5.41) is 3.26. The number of hydrogen-bond acceptors (Lipinski definition) is 4. The van der Waals surface area contributed by atoms with E-state index in [2.05, 4.69) is 10.3 Å². The van der Waals surface area contributed by atoms with Gasteiger partial charge in [-0.1, -0.05) is 0 Å². The zero-order valence-electron chi connectivity index (χ0n) is 9.28. The number of hydrogen-bond donors (Lipinski definition) is 2. The SMILES string of the molecule is Nc1cc(CC(=O)C2CCNCC2)ccn1. The van der Waals surface area contributed by atoms with Crippen LogP contribution in [0, 0.1) is 5.92 Å². The molecule has 0 atom stereocenters. The van der Waals surface area contributed by atoms with E-state index in [4.69, 9.17) is 5.73 Å². The summed E-state index contributed by atoms with van der Waals surface area (Å²) in [5.41, 5.74) is 6.55. The first-order valence-corrected chi connectivity index (χ1v) is 5.69. The highest BCUT2D eigenvalue weighted by Gasteiger charge is 2.20. The first-order valence-electron chi connectivity index (χ1n) is 5.69. The molecule has 16 heavy (non-hydrogen) atoms. The minimum atomic E-state index is 0.218. The van der Waals surface area contributed by atoms with Gasteiger partial charge in [0.1, 0.15) is 11.6 Å². The number of aromatic nitrogens is 1. The summed E-state index contributed by atoms with van der Waals surface area (Å²) in [7, 11) is 0. The number of nitrogens with one attached hydrogen (secondary N) is 1. The Morgan fingerprint density at radius 1 is 1.50 bits per heavy atom. The zero-order valence-corrected chi connectivity index (χ0v) is 9.28. The molecular formula is C12H17N3O. The molecule has 1 aliphatic rings. The molecule has 3 N–H and O–H groups in total. The number of nitrogens with two attached hydrogens (primary N) is 1. The van der Waals surface area contributed by atoms with Crippen molar-refractivity contribution in [3.05, 3.63) is 23.9 Å². The standard InChI is InChI=1S/C12H17N3O/c13-12-8-9(1-6-15-12)7-11(16)10-2-4-14-5-3-10/h1,6,8,10,14H,2-5,7H2,(H2,13,15). The maximum absolute atomic E-state index is 12.0. The molecule has 0 aliphatic carbocycles. The van der Waals surface area contributed by atoms with Crippen LogP contribution in [0.15, 0.2) is 18.3 Å². The summed E-state index contributed by atoms with van der Waals surface area (Å²) in [6.07, 6.45) is 4.05. The second kappa shape index (κ2) is 5.07. The Hall–Kier alpha value is -1.42. The van der Waals surface area contributed by atoms with Gasteiger partial charge in [-0.15, -0.1) is 0 Å². The fraction of sp³-hybridized carbons (Fsp3) is 0.500. The normalized spacial score (nSPS) is 17.2. The minimum absolute atomic E-state index is 0.218. The van der Waals surface area contributed by atoms with Gasteiger partial charge < -0.3 is 11.1 Å². The van der Waals surface area contributed by atoms with E-state index in [1.54, 1.807) is 12.3 Å². The number of nitrogen functional groups attached to an aromatic ring is 1. The Bertz CT molecular complexity index is 372. The molecule has 1 fully saturated rings. The van der Waals surface area contributed by atoms with Crippen molar-refractivity contribution in [2.45, 2.75) is 19.3 Å². The van der Waals surface area contributed by atoms with Gasteiger partial charge in [0, 0.05) is 18.5 Å². The summed E-state index contributed by atoms with van der Waals surface area (Å²) in [6.45, 7) is 1.91. The summed E-state index contributed by atoms with van der Waals surface area (Å²) in [4.78, 5) is 15.9. The number of carbonyl (C=O) groups is 1. The van der Waals surface area contributed by atoms with Gasteiger partial charge in [0.2, 0.25) is 0 Å². The van der Waals surface area contributed by atoms with Gasteiger partial charge in [-0.3, -0.25) is 4.79 Å². The molecule has 0 unspecified atom stereocenters. The van der Waals surface area contributed by atoms with E-state index in [0.29, 0.717) is 18.0 Å². The highest BCUT2D eigenvalue weighted by molar-refractivity contribution is 5.83. The van der Waals surface area contributed by atoms with Crippen LogP contribution in [0.2, 0.25) is 0 Å². The van der Waals surface area contributed by atoms with E-state index in [-0.39, 0.29) is 5.92 Å². The first kappa shape index (κ1) is 11.1. The fourth-order valence-electron chi connectivity index (χ4n) is 2.09. The lowest BCUT2D eigenvalue weighted by Crippen LogP contribution is -2.32. The number of ketones is 1. The van der Waals surface area contributed by atoms with Crippen LogP contribution in [0.1, 0.15) is 18.4 Å². The van der Waals surface area contributed by atoms with Crippen LogP contribution >= 0.6 is 0 Å². The van der Waals surface area contributed by atoms with E-state index >= 15 is 0 Å². The molecule has 1 aliphatic heterocycles. The van der Waals surface area contributed by atoms with Gasteiger partial charge >= 0.3 is 0 Å². The summed E-state index contributed by atoms with van der Waals surface area (Å²) in [6, 6.07) is 3.63. The van der Waals surface area contributed by atoms with Crippen molar-refractivity contribution in [3.8, 4) is 0 Å². The third kappa shape index (κ3) is 2.79. The molecule has 1 saturated heterocycles. The van der Waals surface area contributed by atoms with E-state index in [1.165, 1.54) is 0 Å². The van der Waals surface area contributed by atoms with Crippen LogP contribution in [0.3, 0.4) is 0 Å². The Morgan fingerprint density at radius 2 is 2.25 bits per heavy atom. The van der Waals surface area contributed by atoms with E-state index in [9.17, 15) is 4.79 Å². The van der Waals surface area contributed by atoms with Gasteiger partial charge in [-0.05, 0) is 43.6 Å². The number of nitrogens with zero attached hydrogens (tertiary/aromatic N) is 1. The Morgan fingerprint density at radius 3 is 2.94 bits per heavy atom. The molecule has 4 nitrogen and oxygen atoms in total. The van der Waals surface area contributed by atoms with Crippen molar-refractivity contribution in [1.82, 2.24) is 10.3 Å². The average molecular weight is 219 g/mol. The quantitative estimate of drug-likeness (QED) is 0.788. The van der Waals surface area contributed by atoms with Crippen molar-refractivity contribution in [3.63, 3.8) is 0 Å². The van der Waals surface area contributed by atoms with Gasteiger partial charge in [-0.25, -0.2) is 4.98 Å². The van der Waals surface area contributed by atoms with Crippen molar-refractivity contribution in [2.75, 3.05) is 18.8 Å². The fourth-order valence-corrected chi connectivity index (χ4v) is 2.09. The molecule has 0 radical (unpaired) electrons. The Labute approximate surface area is 95.3 Å². The maximum atomic E-state index is 12.0. The lowest BCUT2D eigenvalue weighted by Gasteiger charge is -2.21. The van der Waals surface area contributed by atoms with Crippen LogP contribution in [0.25, 0.3) is 0 Å². The Kier molecular flexibility index (Phi) is 3.51. The smallest absolute Gasteiger partial charge is 0.140 e. The number of carbonyl (C=O) groups excluding carboxylic acids is 1. The van der Waals surface area contributed by atoms with Crippen molar-refractivity contribution >= 4 is 11.6 Å². The average Bonchev–Trinajstić information content (AvgIpc) is 2.30. The predicted molar refractivity (Wildman–Crippen MR) is 63.0 cm³/mol. The third-order valence-corrected chi connectivity index (χ3v) is 3.02. The largest absolute Gasteiger partial charge is 0.384 e. The van der Waals surface area contributed by atoms with Crippen LogP contribution in [-0.2, 0) is 11.2 Å². The van der Waals surface area contributed by atoms with E-state index < -0.39 is 0 Å². The molecule has 0 aromatic carbocycles. The molecule has 2 heterocycles.